The van der Waals surface area contributed by atoms with Gasteiger partial charge in [-0.25, -0.2) is 4.79 Å². The Kier molecular flexibility index (Phi) is 15.0. The number of rotatable bonds is 19. The van der Waals surface area contributed by atoms with E-state index in [1.165, 1.54) is 14.0 Å². The molecule has 0 aliphatic carbocycles. The summed E-state index contributed by atoms with van der Waals surface area (Å²) >= 11 is 0. The van der Waals surface area contributed by atoms with E-state index >= 15 is 0 Å². The number of carbonyl (C=O) groups is 8. The van der Waals surface area contributed by atoms with Gasteiger partial charge in [-0.05, 0) is 128 Å². The van der Waals surface area contributed by atoms with E-state index in [9.17, 15) is 38.4 Å². The van der Waals surface area contributed by atoms with Gasteiger partial charge < -0.3 is 34.6 Å². The second-order valence-corrected chi connectivity index (χ2v) is 20.3. The highest BCUT2D eigenvalue weighted by Gasteiger charge is 2.39. The van der Waals surface area contributed by atoms with E-state index in [1.54, 1.807) is 42.2 Å². The summed E-state index contributed by atoms with van der Waals surface area (Å²) in [6.07, 6.45) is 6.87. The van der Waals surface area contributed by atoms with Gasteiger partial charge in [0.05, 0.1) is 30.4 Å². The molecule has 5 aromatic rings. The number of aliphatic imine (C=N–C) groups is 1. The fourth-order valence-electron chi connectivity index (χ4n) is 10.6. The molecule has 5 heterocycles. The van der Waals surface area contributed by atoms with Gasteiger partial charge in [-0.3, -0.25) is 43.5 Å². The summed E-state index contributed by atoms with van der Waals surface area (Å²) < 4.78 is 18.8. The predicted molar refractivity (Wildman–Crippen MR) is 288 cm³/mol. The maximum absolute atomic E-state index is 14.2. The molecule has 78 heavy (non-hydrogen) atoms. The van der Waals surface area contributed by atoms with Crippen molar-refractivity contribution in [2.45, 2.75) is 110 Å². The van der Waals surface area contributed by atoms with Crippen molar-refractivity contribution < 1.29 is 57.4 Å². The summed E-state index contributed by atoms with van der Waals surface area (Å²) in [5.41, 5.74) is 8.90. The van der Waals surface area contributed by atoms with Crippen LogP contribution in [0.2, 0.25) is 0 Å². The second kappa shape index (κ2) is 22.3. The minimum absolute atomic E-state index is 0.00201. The molecule has 0 fully saturated rings. The zero-order valence-electron chi connectivity index (χ0n) is 43.7. The van der Waals surface area contributed by atoms with Gasteiger partial charge >= 0.3 is 5.97 Å². The largest absolute Gasteiger partial charge is 0.493 e. The fraction of sp³-hybridized carbons (Fsp3) is 0.317. The summed E-state index contributed by atoms with van der Waals surface area (Å²) in [5, 5.41) is 6.00. The number of anilines is 3. The maximum atomic E-state index is 14.2. The second-order valence-electron chi connectivity index (χ2n) is 20.3. The number of unbranched alkanes of at least 4 members (excludes halogenated alkanes) is 1. The SMILES string of the molecule is COc1cc2c(cc1OCc1cc(COc3cc4c(cc3C)C(=O)N3c5ccccc5C[C@H]3C=N4)cc(NC(=O)[C@H](C)CC(=O)[C@H](C)NC(=O)CCCCC(=O)ON3C(=O)C=CC3=O)c1)CC[C@@H]1Cc3ccccc3N1C2=O. The van der Waals surface area contributed by atoms with Crippen molar-refractivity contribution in [3.05, 3.63) is 148 Å². The molecule has 0 aromatic heterocycles. The number of para-hydroxylation sites is 2. The third-order valence-corrected chi connectivity index (χ3v) is 14.7. The van der Waals surface area contributed by atoms with Crippen LogP contribution < -0.4 is 34.6 Å². The number of hydrogen-bond acceptors (Lipinski definition) is 13. The van der Waals surface area contributed by atoms with Crippen molar-refractivity contribution in [1.29, 1.82) is 0 Å². The van der Waals surface area contributed by atoms with Crippen molar-refractivity contribution in [3.63, 3.8) is 0 Å². The number of imide groups is 1. The third-order valence-electron chi connectivity index (χ3n) is 14.7. The Balaban J connectivity index is 0.816. The molecule has 0 bridgehead atoms. The molecule has 6 amide bonds. The van der Waals surface area contributed by atoms with Crippen molar-refractivity contribution in [2.75, 3.05) is 22.2 Å². The van der Waals surface area contributed by atoms with Gasteiger partial charge in [0.2, 0.25) is 11.8 Å². The van der Waals surface area contributed by atoms with Crippen LogP contribution in [0.3, 0.4) is 0 Å². The highest BCUT2D eigenvalue weighted by Crippen LogP contribution is 2.42. The number of hydroxylamine groups is 2. The molecule has 0 spiro atoms. The lowest BCUT2D eigenvalue weighted by Gasteiger charge is -2.23. The van der Waals surface area contributed by atoms with Crippen LogP contribution in [0.1, 0.15) is 106 Å². The van der Waals surface area contributed by atoms with Gasteiger partial charge in [0, 0.05) is 84.7 Å². The van der Waals surface area contributed by atoms with Crippen LogP contribution in [0.15, 0.2) is 108 Å². The Hall–Kier alpha value is -8.93. The number of fused-ring (bicyclic) bond motifs is 8. The quantitative estimate of drug-likeness (QED) is 0.0595. The average molecular weight is 1060 g/mol. The molecule has 0 saturated carbocycles. The summed E-state index contributed by atoms with van der Waals surface area (Å²) in [4.78, 5) is 117. The molecule has 0 saturated heterocycles. The first-order chi connectivity index (χ1) is 37.6. The van der Waals surface area contributed by atoms with Crippen molar-refractivity contribution in [1.82, 2.24) is 10.4 Å². The molecule has 5 aliphatic heterocycles. The van der Waals surface area contributed by atoms with E-state index < -0.39 is 41.6 Å². The lowest BCUT2D eigenvalue weighted by atomic mass is 9.99. The number of benzene rings is 5. The monoisotopic (exact) mass is 1050 g/mol. The number of nitrogens with zero attached hydrogens (tertiary/aromatic N) is 4. The van der Waals surface area contributed by atoms with Gasteiger partial charge in [0.25, 0.3) is 23.6 Å². The summed E-state index contributed by atoms with van der Waals surface area (Å²) in [5.74, 6) is -3.23. The smallest absolute Gasteiger partial charge is 0.333 e. The first-order valence-electron chi connectivity index (χ1n) is 26.1. The molecule has 18 heteroatoms. The Labute approximate surface area is 450 Å². The molecular weight excluding hydrogens is 997 g/mol. The van der Waals surface area contributed by atoms with Gasteiger partial charge in [-0.1, -0.05) is 48.4 Å². The summed E-state index contributed by atoms with van der Waals surface area (Å²) in [6.45, 7) is 5.11. The van der Waals surface area contributed by atoms with Crippen LogP contribution in [0.5, 0.6) is 17.2 Å². The lowest BCUT2D eigenvalue weighted by molar-refractivity contribution is -0.196. The van der Waals surface area contributed by atoms with E-state index in [1.807, 2.05) is 72.6 Å². The van der Waals surface area contributed by atoms with E-state index in [0.29, 0.717) is 68.8 Å². The van der Waals surface area contributed by atoms with Crippen molar-refractivity contribution in [2.24, 2.45) is 10.9 Å². The number of ketones is 1. The standard InChI is InChI=1S/C60H58N6O12/c1-34-21-46-47(61-31-44-27-41-12-6-8-14-49(41)65(44)60(46)74)30-51(34)76-32-37-23-38(33-77-53-28-39-17-18-43-26-40-11-5-7-13-48(40)64(43)59(73)45(39)29-52(53)75-4)25-42(24-37)63-58(72)35(2)22-50(67)36(3)62-54(68)15-9-10-16-57(71)78-66-55(69)19-20-56(66)70/h5-8,11-14,19-21,23-25,28-31,35-36,43-44H,9-10,15-18,22,26-27,32-33H2,1-4H3,(H,62,68)(H,63,72)/t35-,36+,43-,44+/m1/s1. The number of carbonyl (C=O) groups excluding carboxylic acids is 8. The van der Waals surface area contributed by atoms with E-state index in [2.05, 4.69) is 16.7 Å². The summed E-state index contributed by atoms with van der Waals surface area (Å²) in [7, 11) is 1.53. The minimum atomic E-state index is -0.910. The highest BCUT2D eigenvalue weighted by molar-refractivity contribution is 6.15. The van der Waals surface area contributed by atoms with Crippen LogP contribution in [-0.4, -0.2) is 83.7 Å². The molecule has 2 N–H and O–H groups in total. The lowest BCUT2D eigenvalue weighted by Crippen LogP contribution is -2.39. The Bertz CT molecular complexity index is 3350. The van der Waals surface area contributed by atoms with Crippen LogP contribution in [0, 0.1) is 12.8 Å². The van der Waals surface area contributed by atoms with Crippen LogP contribution in [0.4, 0.5) is 22.7 Å². The zero-order chi connectivity index (χ0) is 54.8. The topological polar surface area (TPSA) is 220 Å². The van der Waals surface area contributed by atoms with Gasteiger partial charge in [0.15, 0.2) is 17.3 Å². The van der Waals surface area contributed by atoms with E-state index in [-0.39, 0.29) is 75.0 Å². The molecular formula is C60H58N6O12. The maximum Gasteiger partial charge on any atom is 0.333 e. The van der Waals surface area contributed by atoms with Crippen LogP contribution in [-0.2, 0) is 66.1 Å². The molecule has 4 atom stereocenters. The van der Waals surface area contributed by atoms with Gasteiger partial charge in [-0.15, -0.1) is 0 Å². The van der Waals surface area contributed by atoms with E-state index in [0.717, 1.165) is 58.6 Å². The normalized spacial score (nSPS) is 17.4. The highest BCUT2D eigenvalue weighted by atomic mass is 16.7. The number of methoxy groups -OCH3 is 1. The Morgan fingerprint density at radius 1 is 0.718 bits per heavy atom. The van der Waals surface area contributed by atoms with Gasteiger partial charge in [-0.2, -0.15) is 0 Å². The number of Topliss-reactive ketones (excluding diaryl/α,β-unsaturated/α-hetero) is 1. The number of aryl methyl sites for hydroxylation is 2. The molecule has 400 valence electrons. The fourth-order valence-corrected chi connectivity index (χ4v) is 10.6. The average Bonchev–Trinajstić information content (AvgIpc) is 4.10. The van der Waals surface area contributed by atoms with Crippen molar-refractivity contribution in [3.8, 4) is 17.2 Å². The Morgan fingerprint density at radius 2 is 1.37 bits per heavy atom. The van der Waals surface area contributed by atoms with Crippen LogP contribution >= 0.6 is 0 Å². The molecule has 0 unspecified atom stereocenters. The molecule has 0 radical (unpaired) electrons. The number of ether oxygens (including phenoxy) is 3. The molecule has 10 rings (SSSR count). The number of nitrogens with one attached hydrogen (secondary N) is 2. The zero-order valence-corrected chi connectivity index (χ0v) is 43.7. The Morgan fingerprint density at radius 3 is 2.09 bits per heavy atom. The van der Waals surface area contributed by atoms with Crippen molar-refractivity contribution >= 4 is 76.2 Å². The first kappa shape index (κ1) is 52.5. The third kappa shape index (κ3) is 11.0. The number of hydrogen-bond donors (Lipinski definition) is 2. The predicted octanol–water partition coefficient (Wildman–Crippen LogP) is 7.95. The molecule has 18 nitrogen and oxygen atoms in total. The number of amides is 6. The summed E-state index contributed by atoms with van der Waals surface area (Å²) in [6, 6.07) is 27.4. The molecule has 5 aliphatic rings. The molecule has 5 aromatic carbocycles. The minimum Gasteiger partial charge on any atom is -0.493 e. The van der Waals surface area contributed by atoms with Crippen LogP contribution in [0.25, 0.3) is 0 Å². The van der Waals surface area contributed by atoms with Gasteiger partial charge in [0.1, 0.15) is 19.0 Å². The van der Waals surface area contributed by atoms with E-state index in [4.69, 9.17) is 24.0 Å². The first-order valence-corrected chi connectivity index (χ1v) is 26.1.